The molecule has 0 saturated heterocycles. The summed E-state index contributed by atoms with van der Waals surface area (Å²) in [6.07, 6.45) is 4.88. The Morgan fingerprint density at radius 3 is 2.48 bits per heavy atom. The van der Waals surface area contributed by atoms with Crippen molar-refractivity contribution in [2.24, 2.45) is 4.99 Å². The Balaban J connectivity index is 0.00000676. The van der Waals surface area contributed by atoms with E-state index >= 15 is 0 Å². The van der Waals surface area contributed by atoms with Crippen molar-refractivity contribution in [1.29, 1.82) is 0 Å². The van der Waals surface area contributed by atoms with E-state index in [4.69, 9.17) is 4.74 Å². The third kappa shape index (κ3) is 12.9. The van der Waals surface area contributed by atoms with Crippen molar-refractivity contribution in [3.8, 4) is 5.75 Å². The van der Waals surface area contributed by atoms with Crippen molar-refractivity contribution in [3.63, 3.8) is 0 Å². The van der Waals surface area contributed by atoms with E-state index in [1.54, 1.807) is 7.05 Å². The number of nitrogens with one attached hydrogen (secondary N) is 2. The lowest BCUT2D eigenvalue weighted by molar-refractivity contribution is 0.309. The quantitative estimate of drug-likeness (QED) is 0.207. The molecule has 0 spiro atoms. The van der Waals surface area contributed by atoms with Crippen LogP contribution in [0, 0.1) is 0 Å². The van der Waals surface area contributed by atoms with Crippen LogP contribution in [-0.4, -0.2) is 52.6 Å². The lowest BCUT2D eigenvalue weighted by Gasteiger charge is -2.17. The van der Waals surface area contributed by atoms with Crippen molar-refractivity contribution in [1.82, 2.24) is 10.6 Å². The van der Waals surface area contributed by atoms with E-state index in [1.807, 2.05) is 19.1 Å². The van der Waals surface area contributed by atoms with Gasteiger partial charge < -0.3 is 15.4 Å². The molecule has 0 bridgehead atoms. The average molecular weight is 511 g/mol. The largest absolute Gasteiger partial charge is 0.494 e. The van der Waals surface area contributed by atoms with Crippen LogP contribution in [0.3, 0.4) is 0 Å². The van der Waals surface area contributed by atoms with Crippen LogP contribution in [0.1, 0.15) is 38.7 Å². The van der Waals surface area contributed by atoms with Gasteiger partial charge in [0, 0.05) is 25.9 Å². The SMILES string of the molecule is CCCCOc1ccc(CCNC(=NC)NC(C)CCS(C)(=O)=O)cc1.I. The van der Waals surface area contributed by atoms with Gasteiger partial charge >= 0.3 is 0 Å². The zero-order valence-corrected chi connectivity index (χ0v) is 20.0. The fraction of sp³-hybridized carbons (Fsp3) is 0.632. The molecule has 0 aliphatic heterocycles. The van der Waals surface area contributed by atoms with Crippen LogP contribution in [-0.2, 0) is 16.3 Å². The molecule has 0 aromatic heterocycles. The second-order valence-corrected chi connectivity index (χ2v) is 8.82. The van der Waals surface area contributed by atoms with Crippen LogP contribution in [0.25, 0.3) is 0 Å². The predicted molar refractivity (Wildman–Crippen MR) is 124 cm³/mol. The smallest absolute Gasteiger partial charge is 0.191 e. The van der Waals surface area contributed by atoms with Crippen molar-refractivity contribution < 1.29 is 13.2 Å². The van der Waals surface area contributed by atoms with Crippen molar-refractivity contribution in [2.45, 2.75) is 45.6 Å². The molecule has 0 aliphatic rings. The summed E-state index contributed by atoms with van der Waals surface area (Å²) in [5.74, 6) is 1.77. The lowest BCUT2D eigenvalue weighted by Crippen LogP contribution is -2.43. The minimum Gasteiger partial charge on any atom is -0.494 e. The fourth-order valence-corrected chi connectivity index (χ4v) is 3.08. The van der Waals surface area contributed by atoms with Gasteiger partial charge in [0.15, 0.2) is 5.96 Å². The Morgan fingerprint density at radius 2 is 1.93 bits per heavy atom. The van der Waals surface area contributed by atoms with Gasteiger partial charge in [-0.3, -0.25) is 4.99 Å². The molecule has 0 aliphatic carbocycles. The maximum atomic E-state index is 11.2. The van der Waals surface area contributed by atoms with Crippen LogP contribution in [0.15, 0.2) is 29.3 Å². The molecule has 2 N–H and O–H groups in total. The van der Waals surface area contributed by atoms with Crippen molar-refractivity contribution >= 4 is 39.8 Å². The molecule has 8 heteroatoms. The number of hydrogen-bond acceptors (Lipinski definition) is 4. The second kappa shape index (κ2) is 14.0. The molecule has 0 saturated carbocycles. The zero-order chi connectivity index (χ0) is 19.4. The molecule has 6 nitrogen and oxygen atoms in total. The molecular formula is C19H34IN3O3S. The van der Waals surface area contributed by atoms with Gasteiger partial charge in [0.2, 0.25) is 0 Å². The van der Waals surface area contributed by atoms with E-state index in [0.29, 0.717) is 12.4 Å². The summed E-state index contributed by atoms with van der Waals surface area (Å²) < 4.78 is 28.1. The minimum atomic E-state index is -2.94. The number of halogens is 1. The molecule has 0 radical (unpaired) electrons. The molecule has 0 heterocycles. The first-order valence-corrected chi connectivity index (χ1v) is 11.3. The van der Waals surface area contributed by atoms with E-state index in [2.05, 4.69) is 34.7 Å². The zero-order valence-electron chi connectivity index (χ0n) is 16.8. The van der Waals surface area contributed by atoms with Gasteiger partial charge in [-0.25, -0.2) is 8.42 Å². The number of ether oxygens (including phenoxy) is 1. The van der Waals surface area contributed by atoms with Gasteiger partial charge in [0.25, 0.3) is 0 Å². The van der Waals surface area contributed by atoms with E-state index in [1.165, 1.54) is 11.8 Å². The van der Waals surface area contributed by atoms with Crippen LogP contribution in [0.4, 0.5) is 0 Å². The number of nitrogens with zero attached hydrogens (tertiary/aromatic N) is 1. The molecule has 1 atom stereocenters. The molecular weight excluding hydrogens is 477 g/mol. The predicted octanol–water partition coefficient (Wildman–Crippen LogP) is 3.01. The van der Waals surface area contributed by atoms with E-state index < -0.39 is 9.84 Å². The number of benzene rings is 1. The van der Waals surface area contributed by atoms with Gasteiger partial charge in [-0.1, -0.05) is 25.5 Å². The number of aliphatic imine (C=N–C) groups is 1. The second-order valence-electron chi connectivity index (χ2n) is 6.56. The van der Waals surface area contributed by atoms with Crippen molar-refractivity contribution in [3.05, 3.63) is 29.8 Å². The van der Waals surface area contributed by atoms with Gasteiger partial charge in [-0.05, 0) is 43.9 Å². The Kier molecular flexibility index (Phi) is 13.5. The van der Waals surface area contributed by atoms with Crippen LogP contribution < -0.4 is 15.4 Å². The summed E-state index contributed by atoms with van der Waals surface area (Å²) in [7, 11) is -1.23. The number of unbranched alkanes of at least 4 members (excludes halogenated alkanes) is 1. The van der Waals surface area contributed by atoms with Gasteiger partial charge in [-0.2, -0.15) is 0 Å². The third-order valence-corrected chi connectivity index (χ3v) is 4.90. The van der Waals surface area contributed by atoms with Gasteiger partial charge in [0.1, 0.15) is 15.6 Å². The maximum Gasteiger partial charge on any atom is 0.191 e. The Labute approximate surface area is 181 Å². The van der Waals surface area contributed by atoms with Gasteiger partial charge in [-0.15, -0.1) is 24.0 Å². The number of sulfone groups is 1. The van der Waals surface area contributed by atoms with Crippen LogP contribution >= 0.6 is 24.0 Å². The maximum absolute atomic E-state index is 11.2. The van der Waals surface area contributed by atoms with E-state index in [-0.39, 0.29) is 35.8 Å². The standard InChI is InChI=1S/C19H33N3O3S.HI/c1-5-6-14-25-18-9-7-17(8-10-18)11-13-21-19(20-3)22-16(2)12-15-26(4,23)24;/h7-10,16H,5-6,11-15H2,1-4H3,(H2,20,21,22);1H. The highest BCUT2D eigenvalue weighted by Gasteiger charge is 2.09. The van der Waals surface area contributed by atoms with Crippen molar-refractivity contribution in [2.75, 3.05) is 32.2 Å². The topological polar surface area (TPSA) is 79.8 Å². The molecule has 1 unspecified atom stereocenters. The Hall–Kier alpha value is -1.03. The van der Waals surface area contributed by atoms with Crippen LogP contribution in [0.2, 0.25) is 0 Å². The van der Waals surface area contributed by atoms with E-state index in [0.717, 1.165) is 38.2 Å². The van der Waals surface area contributed by atoms with Crippen LogP contribution in [0.5, 0.6) is 5.75 Å². The summed E-state index contributed by atoms with van der Waals surface area (Å²) >= 11 is 0. The number of hydrogen-bond donors (Lipinski definition) is 2. The molecule has 27 heavy (non-hydrogen) atoms. The summed E-state index contributed by atoms with van der Waals surface area (Å²) in [5, 5.41) is 6.48. The molecule has 0 amide bonds. The van der Waals surface area contributed by atoms with Gasteiger partial charge in [0.05, 0.1) is 12.4 Å². The average Bonchev–Trinajstić information content (AvgIpc) is 2.60. The Morgan fingerprint density at radius 1 is 1.26 bits per heavy atom. The summed E-state index contributed by atoms with van der Waals surface area (Å²) in [5.41, 5.74) is 1.22. The monoisotopic (exact) mass is 511 g/mol. The summed E-state index contributed by atoms with van der Waals surface area (Å²) in [6, 6.07) is 8.20. The first-order valence-electron chi connectivity index (χ1n) is 9.20. The molecule has 156 valence electrons. The normalized spacial score (nSPS) is 12.8. The summed E-state index contributed by atoms with van der Waals surface area (Å²) in [4.78, 5) is 4.18. The minimum absolute atomic E-state index is 0. The highest BCUT2D eigenvalue weighted by molar-refractivity contribution is 14.0. The molecule has 1 rings (SSSR count). The molecule has 1 aromatic rings. The Bertz CT molecular complexity index is 649. The number of rotatable bonds is 11. The fourth-order valence-electron chi connectivity index (χ4n) is 2.30. The first-order chi connectivity index (χ1) is 12.3. The lowest BCUT2D eigenvalue weighted by atomic mass is 10.1. The molecule has 1 aromatic carbocycles. The third-order valence-electron chi connectivity index (χ3n) is 3.92. The highest BCUT2D eigenvalue weighted by Crippen LogP contribution is 2.12. The molecule has 0 fully saturated rings. The van der Waals surface area contributed by atoms with E-state index in [9.17, 15) is 8.42 Å². The first kappa shape index (κ1) is 26.0. The summed E-state index contributed by atoms with van der Waals surface area (Å²) in [6.45, 7) is 5.61. The highest BCUT2D eigenvalue weighted by atomic mass is 127. The number of guanidine groups is 1.